The van der Waals surface area contributed by atoms with Gasteiger partial charge in [-0.15, -0.1) is 11.8 Å². The van der Waals surface area contributed by atoms with E-state index in [9.17, 15) is 4.79 Å². The summed E-state index contributed by atoms with van der Waals surface area (Å²) in [6.07, 6.45) is 3.38. The Balaban J connectivity index is 2.25. The lowest BCUT2D eigenvalue weighted by atomic mass is 10.3. The van der Waals surface area contributed by atoms with Gasteiger partial charge in [0, 0.05) is 17.1 Å². The van der Waals surface area contributed by atoms with Gasteiger partial charge in [-0.1, -0.05) is 0 Å². The van der Waals surface area contributed by atoms with Crippen LogP contribution in [0.2, 0.25) is 0 Å². The number of hydrogen-bond donors (Lipinski definition) is 0. The van der Waals surface area contributed by atoms with Gasteiger partial charge in [-0.3, -0.25) is 0 Å². The number of hydrogen-bond acceptors (Lipinski definition) is 3. The first-order valence-electron chi connectivity index (χ1n) is 4.42. The lowest BCUT2D eigenvalue weighted by molar-refractivity contribution is -0.117. The normalized spacial score (nSPS) is 10.1. The second-order valence-electron chi connectivity index (χ2n) is 2.97. The molecule has 0 N–H and O–H groups in total. The van der Waals surface area contributed by atoms with Gasteiger partial charge in [0.05, 0.1) is 5.03 Å². The van der Waals surface area contributed by atoms with E-state index in [4.69, 9.17) is 0 Å². The Morgan fingerprint density at radius 3 is 2.93 bits per heavy atom. The predicted molar refractivity (Wildman–Crippen MR) is 62.6 cm³/mol. The molecule has 0 aliphatic rings. The molecule has 0 unspecified atom stereocenters. The smallest absolute Gasteiger partial charge is 0.129 e. The van der Waals surface area contributed by atoms with Crippen LogP contribution in [0.25, 0.3) is 0 Å². The molecule has 0 fully saturated rings. The molecule has 14 heavy (non-hydrogen) atoms. The van der Waals surface area contributed by atoms with Crippen LogP contribution >= 0.6 is 27.7 Å². The summed E-state index contributed by atoms with van der Waals surface area (Å²) in [7, 11) is 0. The van der Waals surface area contributed by atoms with E-state index in [1.165, 1.54) is 0 Å². The van der Waals surface area contributed by atoms with Crippen molar-refractivity contribution in [2.75, 3.05) is 5.75 Å². The highest BCUT2D eigenvalue weighted by atomic mass is 79.9. The fraction of sp³-hybridized carbons (Fsp3) is 0.400. The largest absolute Gasteiger partial charge is 0.300 e. The lowest BCUT2D eigenvalue weighted by Crippen LogP contribution is -1.91. The van der Waals surface area contributed by atoms with Gasteiger partial charge >= 0.3 is 0 Å². The van der Waals surface area contributed by atoms with Crippen molar-refractivity contribution in [3.05, 3.63) is 22.8 Å². The molecule has 0 amide bonds. The summed E-state index contributed by atoms with van der Waals surface area (Å²) in [5, 5.41) is 1.01. The molecule has 0 saturated heterocycles. The Morgan fingerprint density at radius 2 is 2.36 bits per heavy atom. The molecular formula is C10H12BrNOS. The molecule has 2 nitrogen and oxygen atoms in total. The minimum absolute atomic E-state index is 0.259. The molecule has 0 aliphatic carbocycles. The highest BCUT2D eigenvalue weighted by Crippen LogP contribution is 2.18. The number of nitrogens with zero attached hydrogens (tertiary/aromatic N) is 1. The van der Waals surface area contributed by atoms with Crippen LogP contribution in [0.3, 0.4) is 0 Å². The van der Waals surface area contributed by atoms with Crippen LogP contribution in [0.1, 0.15) is 19.8 Å². The number of carbonyl (C=O) groups is 1. The Morgan fingerprint density at radius 1 is 1.57 bits per heavy atom. The fourth-order valence-electron chi connectivity index (χ4n) is 0.945. The van der Waals surface area contributed by atoms with Gasteiger partial charge < -0.3 is 4.79 Å². The van der Waals surface area contributed by atoms with Gasteiger partial charge in [0.25, 0.3) is 0 Å². The van der Waals surface area contributed by atoms with E-state index in [0.717, 1.165) is 21.7 Å². The number of rotatable bonds is 5. The Kier molecular flexibility index (Phi) is 5.19. The number of pyridine rings is 1. The number of ketones is 1. The summed E-state index contributed by atoms with van der Waals surface area (Å²) in [6, 6.07) is 3.95. The van der Waals surface area contributed by atoms with Crippen molar-refractivity contribution in [3.63, 3.8) is 0 Å². The third-order valence-corrected chi connectivity index (χ3v) is 3.12. The molecule has 1 aromatic rings. The van der Waals surface area contributed by atoms with E-state index in [0.29, 0.717) is 6.42 Å². The summed E-state index contributed by atoms with van der Waals surface area (Å²) < 4.78 is 0.991. The van der Waals surface area contributed by atoms with Crippen LogP contribution < -0.4 is 0 Å². The van der Waals surface area contributed by atoms with Crippen molar-refractivity contribution in [2.24, 2.45) is 0 Å². The van der Waals surface area contributed by atoms with E-state index in [2.05, 4.69) is 20.9 Å². The van der Waals surface area contributed by atoms with E-state index in [1.54, 1.807) is 24.9 Å². The summed E-state index contributed by atoms with van der Waals surface area (Å²) in [4.78, 5) is 14.9. The topological polar surface area (TPSA) is 30.0 Å². The van der Waals surface area contributed by atoms with E-state index >= 15 is 0 Å². The molecule has 0 bridgehead atoms. The first-order valence-corrected chi connectivity index (χ1v) is 6.20. The summed E-state index contributed by atoms with van der Waals surface area (Å²) in [5.74, 6) is 1.21. The van der Waals surface area contributed by atoms with Crippen molar-refractivity contribution in [2.45, 2.75) is 24.8 Å². The highest BCUT2D eigenvalue weighted by Gasteiger charge is 1.97. The lowest BCUT2D eigenvalue weighted by Gasteiger charge is -1.99. The first-order chi connectivity index (χ1) is 6.68. The molecule has 0 aromatic carbocycles. The monoisotopic (exact) mass is 273 g/mol. The van der Waals surface area contributed by atoms with Gasteiger partial charge in [0.1, 0.15) is 5.78 Å². The maximum Gasteiger partial charge on any atom is 0.129 e. The molecule has 0 aliphatic heterocycles. The van der Waals surface area contributed by atoms with Crippen molar-refractivity contribution >= 4 is 33.5 Å². The maximum atomic E-state index is 10.7. The SMILES string of the molecule is CC(=O)CCCSc1ccc(Br)cn1. The molecule has 1 aromatic heterocycles. The van der Waals surface area contributed by atoms with E-state index in [-0.39, 0.29) is 5.78 Å². The van der Waals surface area contributed by atoms with Crippen LogP contribution in [0, 0.1) is 0 Å². The standard InChI is InChI=1S/C10H12BrNOS/c1-8(13)3-2-6-14-10-5-4-9(11)7-12-10/h4-5,7H,2-3,6H2,1H3. The molecule has 4 heteroatoms. The summed E-state index contributed by atoms with van der Waals surface area (Å²) in [5.41, 5.74) is 0. The van der Waals surface area contributed by atoms with Crippen molar-refractivity contribution < 1.29 is 4.79 Å². The van der Waals surface area contributed by atoms with Crippen molar-refractivity contribution in [1.82, 2.24) is 4.98 Å². The second kappa shape index (κ2) is 6.19. The Hall–Kier alpha value is -0.350. The van der Waals surface area contributed by atoms with Crippen LogP contribution in [-0.2, 0) is 4.79 Å². The highest BCUT2D eigenvalue weighted by molar-refractivity contribution is 9.10. The number of aromatic nitrogens is 1. The number of carbonyl (C=O) groups excluding carboxylic acids is 1. The summed E-state index contributed by atoms with van der Waals surface area (Å²) >= 11 is 5.02. The van der Waals surface area contributed by atoms with E-state index < -0.39 is 0 Å². The van der Waals surface area contributed by atoms with Crippen LogP contribution in [-0.4, -0.2) is 16.5 Å². The Bertz CT molecular complexity index is 299. The van der Waals surface area contributed by atoms with Crippen LogP contribution in [0.4, 0.5) is 0 Å². The third-order valence-electron chi connectivity index (χ3n) is 1.62. The predicted octanol–water partition coefficient (Wildman–Crippen LogP) is 3.31. The Labute approximate surface area is 96.6 Å². The minimum atomic E-state index is 0.259. The molecular weight excluding hydrogens is 262 g/mol. The zero-order chi connectivity index (χ0) is 10.4. The molecule has 76 valence electrons. The van der Waals surface area contributed by atoms with Crippen LogP contribution in [0.15, 0.2) is 27.8 Å². The first kappa shape index (κ1) is 11.7. The molecule has 0 atom stereocenters. The van der Waals surface area contributed by atoms with Crippen molar-refractivity contribution in [1.29, 1.82) is 0 Å². The molecule has 1 heterocycles. The van der Waals surface area contributed by atoms with Gasteiger partial charge in [0.15, 0.2) is 0 Å². The zero-order valence-corrected chi connectivity index (χ0v) is 10.4. The number of Topliss-reactive ketones (excluding diaryl/α,β-unsaturated/α-hetero) is 1. The average molecular weight is 274 g/mol. The number of thioether (sulfide) groups is 1. The average Bonchev–Trinajstić information content (AvgIpc) is 2.15. The molecule has 0 spiro atoms. The molecule has 0 saturated carbocycles. The van der Waals surface area contributed by atoms with Gasteiger partial charge in [0.2, 0.25) is 0 Å². The van der Waals surface area contributed by atoms with Gasteiger partial charge in [-0.05, 0) is 47.2 Å². The molecule has 1 rings (SSSR count). The molecule has 0 radical (unpaired) electrons. The minimum Gasteiger partial charge on any atom is -0.300 e. The zero-order valence-electron chi connectivity index (χ0n) is 8.00. The van der Waals surface area contributed by atoms with Gasteiger partial charge in [-0.25, -0.2) is 4.98 Å². The van der Waals surface area contributed by atoms with Crippen molar-refractivity contribution in [3.8, 4) is 0 Å². The third kappa shape index (κ3) is 4.77. The second-order valence-corrected chi connectivity index (χ2v) is 5.00. The van der Waals surface area contributed by atoms with E-state index in [1.807, 2.05) is 12.1 Å². The fourth-order valence-corrected chi connectivity index (χ4v) is 1.97. The van der Waals surface area contributed by atoms with Gasteiger partial charge in [-0.2, -0.15) is 0 Å². The summed E-state index contributed by atoms with van der Waals surface area (Å²) in [6.45, 7) is 1.63. The maximum absolute atomic E-state index is 10.7. The quantitative estimate of drug-likeness (QED) is 0.609. The number of halogens is 1. The van der Waals surface area contributed by atoms with Crippen LogP contribution in [0.5, 0.6) is 0 Å².